The Labute approximate surface area is 155 Å². The number of halogens is 2. The van der Waals surface area contributed by atoms with E-state index < -0.39 is 0 Å². The van der Waals surface area contributed by atoms with Gasteiger partial charge in [0.25, 0.3) is 0 Å². The molecule has 3 rings (SSSR count). The monoisotopic (exact) mass is 378 g/mol. The van der Waals surface area contributed by atoms with E-state index in [1.807, 2.05) is 23.4 Å². The van der Waals surface area contributed by atoms with Crippen molar-refractivity contribution in [3.63, 3.8) is 0 Å². The first kappa shape index (κ1) is 21.2. The zero-order valence-corrected chi connectivity index (χ0v) is 15.9. The van der Waals surface area contributed by atoms with Crippen LogP contribution in [0.2, 0.25) is 0 Å². The zero-order valence-electron chi connectivity index (χ0n) is 14.3. The van der Waals surface area contributed by atoms with Crippen molar-refractivity contribution in [2.45, 2.75) is 51.8 Å². The maximum absolute atomic E-state index is 12.6. The van der Waals surface area contributed by atoms with E-state index >= 15 is 0 Å². The van der Waals surface area contributed by atoms with Crippen LogP contribution in [0.3, 0.4) is 0 Å². The Morgan fingerprint density at radius 1 is 1.38 bits per heavy atom. The summed E-state index contributed by atoms with van der Waals surface area (Å²) in [5, 5.41) is 4.48. The largest absolute Gasteiger partial charge is 0.373 e. The maximum Gasteiger partial charge on any atom is 0.225 e. The molecule has 138 valence electrons. The van der Waals surface area contributed by atoms with Gasteiger partial charge in [-0.1, -0.05) is 0 Å². The first-order chi connectivity index (χ1) is 10.5. The van der Waals surface area contributed by atoms with E-state index in [1.165, 1.54) is 0 Å². The Hall–Kier alpha value is -0.820. The Bertz CT molecular complexity index is 552. The van der Waals surface area contributed by atoms with Crippen LogP contribution in [0, 0.1) is 19.8 Å². The average Bonchev–Trinajstić information content (AvgIpc) is 3.05. The van der Waals surface area contributed by atoms with Crippen LogP contribution in [-0.2, 0) is 16.1 Å². The van der Waals surface area contributed by atoms with Crippen molar-refractivity contribution in [3.8, 4) is 0 Å². The van der Waals surface area contributed by atoms with E-state index in [1.54, 1.807) is 0 Å². The van der Waals surface area contributed by atoms with Crippen LogP contribution < -0.4 is 5.73 Å². The lowest BCUT2D eigenvalue weighted by molar-refractivity contribution is -0.143. The molecule has 1 amide bonds. The van der Waals surface area contributed by atoms with Gasteiger partial charge in [-0.3, -0.25) is 9.48 Å². The third kappa shape index (κ3) is 4.85. The molecule has 1 aromatic rings. The van der Waals surface area contributed by atoms with E-state index in [0.717, 1.165) is 30.7 Å². The number of hydrogen-bond donors (Lipinski definition) is 1. The summed E-state index contributed by atoms with van der Waals surface area (Å²) in [7, 11) is 0. The molecule has 3 unspecified atom stereocenters. The number of aryl methyl sites for hydroxylation is 2. The summed E-state index contributed by atoms with van der Waals surface area (Å²) in [5.74, 6) is 0.372. The van der Waals surface area contributed by atoms with Gasteiger partial charge in [-0.15, -0.1) is 24.8 Å². The summed E-state index contributed by atoms with van der Waals surface area (Å²) in [4.78, 5) is 14.6. The third-order valence-electron chi connectivity index (χ3n) is 4.75. The lowest BCUT2D eigenvalue weighted by Crippen LogP contribution is -2.49. The van der Waals surface area contributed by atoms with Crippen LogP contribution >= 0.6 is 24.8 Å². The van der Waals surface area contributed by atoms with Gasteiger partial charge >= 0.3 is 0 Å². The highest BCUT2D eigenvalue weighted by atomic mass is 35.5. The Morgan fingerprint density at radius 2 is 2.12 bits per heavy atom. The predicted molar refractivity (Wildman–Crippen MR) is 97.8 cm³/mol. The molecule has 1 aromatic heterocycles. The van der Waals surface area contributed by atoms with Gasteiger partial charge in [0, 0.05) is 30.7 Å². The number of nitrogens with two attached hydrogens (primary N) is 1. The first-order valence-electron chi connectivity index (χ1n) is 8.20. The van der Waals surface area contributed by atoms with E-state index in [4.69, 9.17) is 10.5 Å². The van der Waals surface area contributed by atoms with Gasteiger partial charge in [-0.25, -0.2) is 0 Å². The minimum Gasteiger partial charge on any atom is -0.373 e. The van der Waals surface area contributed by atoms with Gasteiger partial charge in [0.15, 0.2) is 0 Å². The molecule has 3 atom stereocenters. The Morgan fingerprint density at radius 3 is 2.71 bits per heavy atom. The minimum atomic E-state index is 0. The SMILES string of the molecule is Cc1cc(C)n(CC2CN(C(=O)C3CCC(N)C3)CCO2)n1.Cl.Cl. The van der Waals surface area contributed by atoms with E-state index in [-0.39, 0.29) is 48.8 Å². The lowest BCUT2D eigenvalue weighted by Gasteiger charge is -2.34. The molecular formula is C16H28Cl2N4O2. The number of hydrogen-bond acceptors (Lipinski definition) is 4. The molecule has 1 saturated carbocycles. The molecule has 0 radical (unpaired) electrons. The van der Waals surface area contributed by atoms with Gasteiger partial charge in [-0.05, 0) is 39.2 Å². The molecule has 8 heteroatoms. The zero-order chi connectivity index (χ0) is 15.7. The summed E-state index contributed by atoms with van der Waals surface area (Å²) in [6.45, 7) is 6.69. The number of morpholine rings is 1. The number of nitrogens with zero attached hydrogens (tertiary/aromatic N) is 3. The highest BCUT2D eigenvalue weighted by Gasteiger charge is 2.33. The fourth-order valence-corrected chi connectivity index (χ4v) is 3.58. The number of ether oxygens (including phenoxy) is 1. The third-order valence-corrected chi connectivity index (χ3v) is 4.75. The van der Waals surface area contributed by atoms with Crippen molar-refractivity contribution in [2.24, 2.45) is 11.7 Å². The van der Waals surface area contributed by atoms with Gasteiger partial charge in [-0.2, -0.15) is 5.10 Å². The van der Waals surface area contributed by atoms with Crippen LogP contribution in [0.4, 0.5) is 0 Å². The molecule has 2 N–H and O–H groups in total. The molecule has 2 aliphatic rings. The fourth-order valence-electron chi connectivity index (χ4n) is 3.58. The molecule has 6 nitrogen and oxygen atoms in total. The molecule has 1 aliphatic carbocycles. The lowest BCUT2D eigenvalue weighted by atomic mass is 10.1. The number of rotatable bonds is 3. The number of carbonyl (C=O) groups excluding carboxylic acids is 1. The van der Waals surface area contributed by atoms with Crippen molar-refractivity contribution >= 4 is 30.7 Å². The molecule has 1 aliphatic heterocycles. The maximum atomic E-state index is 12.6. The highest BCUT2D eigenvalue weighted by Crippen LogP contribution is 2.26. The number of amides is 1. The smallest absolute Gasteiger partial charge is 0.225 e. The van der Waals surface area contributed by atoms with Crippen LogP contribution in [0.5, 0.6) is 0 Å². The van der Waals surface area contributed by atoms with Crippen LogP contribution in [0.1, 0.15) is 30.7 Å². The van der Waals surface area contributed by atoms with Crippen LogP contribution in [-0.4, -0.2) is 52.4 Å². The highest BCUT2D eigenvalue weighted by molar-refractivity contribution is 5.85. The molecule has 0 aromatic carbocycles. The van der Waals surface area contributed by atoms with E-state index in [0.29, 0.717) is 26.2 Å². The summed E-state index contributed by atoms with van der Waals surface area (Å²) in [6, 6.07) is 2.26. The standard InChI is InChI=1S/C16H26N4O2.2ClH/c1-11-7-12(2)20(18-11)10-15-9-19(5-6-22-15)16(21)13-3-4-14(17)8-13;;/h7,13-15H,3-6,8-10,17H2,1-2H3;2*1H. The summed E-state index contributed by atoms with van der Waals surface area (Å²) < 4.78 is 7.80. The van der Waals surface area contributed by atoms with Crippen molar-refractivity contribution in [3.05, 3.63) is 17.5 Å². The second-order valence-corrected chi connectivity index (χ2v) is 6.66. The topological polar surface area (TPSA) is 73.4 Å². The van der Waals surface area contributed by atoms with Gasteiger partial charge in [0.1, 0.15) is 0 Å². The molecular weight excluding hydrogens is 351 g/mol. The molecule has 0 spiro atoms. The fraction of sp³-hybridized carbons (Fsp3) is 0.750. The molecule has 2 fully saturated rings. The average molecular weight is 379 g/mol. The predicted octanol–water partition coefficient (Wildman–Crippen LogP) is 1.70. The van der Waals surface area contributed by atoms with Crippen LogP contribution in [0.15, 0.2) is 6.07 Å². The Kier molecular flexibility index (Phi) is 7.99. The first-order valence-corrected chi connectivity index (χ1v) is 8.20. The molecule has 0 bridgehead atoms. The van der Waals surface area contributed by atoms with Crippen LogP contribution in [0.25, 0.3) is 0 Å². The second-order valence-electron chi connectivity index (χ2n) is 6.66. The van der Waals surface area contributed by atoms with Gasteiger partial charge in [0.2, 0.25) is 5.91 Å². The summed E-state index contributed by atoms with van der Waals surface area (Å²) >= 11 is 0. The summed E-state index contributed by atoms with van der Waals surface area (Å²) in [5.41, 5.74) is 8.08. The van der Waals surface area contributed by atoms with Crippen molar-refractivity contribution in [1.82, 2.24) is 14.7 Å². The van der Waals surface area contributed by atoms with Gasteiger partial charge < -0.3 is 15.4 Å². The van der Waals surface area contributed by atoms with Gasteiger partial charge in [0.05, 0.1) is 24.9 Å². The number of carbonyl (C=O) groups is 1. The van der Waals surface area contributed by atoms with E-state index in [9.17, 15) is 4.79 Å². The Balaban J connectivity index is 0.00000144. The molecule has 24 heavy (non-hydrogen) atoms. The minimum absolute atomic E-state index is 0. The quantitative estimate of drug-likeness (QED) is 0.868. The normalized spacial score (nSPS) is 26.6. The van der Waals surface area contributed by atoms with Crippen molar-refractivity contribution < 1.29 is 9.53 Å². The summed E-state index contributed by atoms with van der Waals surface area (Å²) in [6.07, 6.45) is 2.75. The second kappa shape index (κ2) is 9.04. The van der Waals surface area contributed by atoms with Crippen molar-refractivity contribution in [2.75, 3.05) is 19.7 Å². The number of aromatic nitrogens is 2. The van der Waals surface area contributed by atoms with Crippen molar-refractivity contribution in [1.29, 1.82) is 0 Å². The molecule has 1 saturated heterocycles. The van der Waals surface area contributed by atoms with E-state index in [2.05, 4.69) is 11.2 Å². The molecule has 2 heterocycles.